The van der Waals surface area contributed by atoms with E-state index in [1.165, 1.54) is 31.4 Å². The molecule has 1 aromatic rings. The van der Waals surface area contributed by atoms with E-state index in [-0.39, 0.29) is 0 Å². The van der Waals surface area contributed by atoms with Crippen molar-refractivity contribution in [2.24, 2.45) is 17.6 Å². The van der Waals surface area contributed by atoms with Gasteiger partial charge < -0.3 is 5.73 Å². The molecule has 2 heteroatoms. The van der Waals surface area contributed by atoms with Gasteiger partial charge in [0, 0.05) is 18.6 Å². The highest BCUT2D eigenvalue weighted by atomic mass is 15.2. The van der Waals surface area contributed by atoms with Gasteiger partial charge in [-0.05, 0) is 50.1 Å². The molecule has 0 radical (unpaired) electrons. The van der Waals surface area contributed by atoms with E-state index in [0.29, 0.717) is 18.0 Å². The van der Waals surface area contributed by atoms with Crippen LogP contribution in [0.15, 0.2) is 30.3 Å². The van der Waals surface area contributed by atoms with Crippen LogP contribution in [0.1, 0.15) is 51.6 Å². The fourth-order valence-corrected chi connectivity index (χ4v) is 3.37. The number of rotatable bonds is 5. The Morgan fingerprint density at radius 2 is 1.90 bits per heavy atom. The Bertz CT molecular complexity index is 386. The first-order chi connectivity index (χ1) is 9.58. The van der Waals surface area contributed by atoms with E-state index >= 15 is 0 Å². The molecule has 0 spiro atoms. The number of hydrogen-bond acceptors (Lipinski definition) is 2. The van der Waals surface area contributed by atoms with Crippen LogP contribution in [0.4, 0.5) is 0 Å². The molecule has 1 aliphatic heterocycles. The maximum absolute atomic E-state index is 6.14. The van der Waals surface area contributed by atoms with E-state index in [4.69, 9.17) is 5.73 Å². The van der Waals surface area contributed by atoms with Crippen molar-refractivity contribution in [3.63, 3.8) is 0 Å². The zero-order valence-electron chi connectivity index (χ0n) is 13.3. The Morgan fingerprint density at radius 1 is 1.20 bits per heavy atom. The first kappa shape index (κ1) is 15.5. The highest BCUT2D eigenvalue weighted by Crippen LogP contribution is 2.32. The molecule has 1 saturated heterocycles. The SMILES string of the molecule is CC(C)CC(c1ccccc1)N1CCCC(C(C)N)C1. The zero-order chi connectivity index (χ0) is 14.5. The van der Waals surface area contributed by atoms with Gasteiger partial charge in [-0.15, -0.1) is 0 Å². The summed E-state index contributed by atoms with van der Waals surface area (Å²) in [5, 5.41) is 0. The summed E-state index contributed by atoms with van der Waals surface area (Å²) >= 11 is 0. The van der Waals surface area contributed by atoms with Crippen LogP contribution in [0.25, 0.3) is 0 Å². The van der Waals surface area contributed by atoms with E-state index in [2.05, 4.69) is 56.0 Å². The zero-order valence-corrected chi connectivity index (χ0v) is 13.3. The van der Waals surface area contributed by atoms with E-state index in [1.807, 2.05) is 0 Å². The second-order valence-electron chi connectivity index (χ2n) is 6.81. The van der Waals surface area contributed by atoms with Crippen LogP contribution in [-0.4, -0.2) is 24.0 Å². The van der Waals surface area contributed by atoms with Crippen LogP contribution in [0.5, 0.6) is 0 Å². The van der Waals surface area contributed by atoms with E-state index in [1.54, 1.807) is 0 Å². The largest absolute Gasteiger partial charge is 0.328 e. The number of benzene rings is 1. The summed E-state index contributed by atoms with van der Waals surface area (Å²) in [4.78, 5) is 2.67. The van der Waals surface area contributed by atoms with Crippen molar-refractivity contribution in [3.8, 4) is 0 Å². The summed E-state index contributed by atoms with van der Waals surface area (Å²) in [5.74, 6) is 1.37. The lowest BCUT2D eigenvalue weighted by Crippen LogP contribution is -2.44. The minimum atomic E-state index is 0.313. The second kappa shape index (κ2) is 7.24. The second-order valence-corrected chi connectivity index (χ2v) is 6.81. The van der Waals surface area contributed by atoms with Crippen LogP contribution in [-0.2, 0) is 0 Å². The van der Waals surface area contributed by atoms with Crippen molar-refractivity contribution in [1.82, 2.24) is 4.90 Å². The quantitative estimate of drug-likeness (QED) is 0.884. The topological polar surface area (TPSA) is 29.3 Å². The lowest BCUT2D eigenvalue weighted by Gasteiger charge is -2.40. The number of piperidine rings is 1. The predicted octanol–water partition coefficient (Wildman–Crippen LogP) is 3.83. The maximum atomic E-state index is 6.14. The van der Waals surface area contributed by atoms with Crippen LogP contribution < -0.4 is 5.73 Å². The Balaban J connectivity index is 2.14. The van der Waals surface area contributed by atoms with Gasteiger partial charge >= 0.3 is 0 Å². The van der Waals surface area contributed by atoms with Gasteiger partial charge in [-0.1, -0.05) is 44.2 Å². The Labute approximate surface area is 124 Å². The summed E-state index contributed by atoms with van der Waals surface area (Å²) in [6.07, 6.45) is 3.81. The predicted molar refractivity (Wildman–Crippen MR) is 86.6 cm³/mol. The standard InChI is InChI=1S/C18H30N2/c1-14(2)12-18(16-8-5-4-6-9-16)20-11-7-10-17(13-20)15(3)19/h4-6,8-9,14-15,17-18H,7,10-13,19H2,1-3H3. The normalized spacial score (nSPS) is 23.8. The molecule has 2 N–H and O–H groups in total. The minimum absolute atomic E-state index is 0.313. The Hall–Kier alpha value is -0.860. The van der Waals surface area contributed by atoms with Gasteiger partial charge in [0.1, 0.15) is 0 Å². The molecule has 1 aliphatic rings. The average molecular weight is 274 g/mol. The molecular formula is C18H30N2. The molecule has 3 unspecified atom stereocenters. The van der Waals surface area contributed by atoms with Gasteiger partial charge in [0.2, 0.25) is 0 Å². The van der Waals surface area contributed by atoms with Gasteiger partial charge in [0.25, 0.3) is 0 Å². The minimum Gasteiger partial charge on any atom is -0.328 e. The van der Waals surface area contributed by atoms with Crippen molar-refractivity contribution >= 4 is 0 Å². The van der Waals surface area contributed by atoms with Gasteiger partial charge in [-0.2, -0.15) is 0 Å². The van der Waals surface area contributed by atoms with Crippen molar-refractivity contribution in [3.05, 3.63) is 35.9 Å². The molecule has 1 aromatic carbocycles. The van der Waals surface area contributed by atoms with Crippen LogP contribution in [0.2, 0.25) is 0 Å². The van der Waals surface area contributed by atoms with Crippen LogP contribution in [0.3, 0.4) is 0 Å². The van der Waals surface area contributed by atoms with E-state index in [0.717, 1.165) is 12.5 Å². The van der Waals surface area contributed by atoms with E-state index in [9.17, 15) is 0 Å². The monoisotopic (exact) mass is 274 g/mol. The van der Waals surface area contributed by atoms with Crippen LogP contribution in [0, 0.1) is 11.8 Å². The third kappa shape index (κ3) is 4.07. The molecule has 20 heavy (non-hydrogen) atoms. The van der Waals surface area contributed by atoms with Gasteiger partial charge in [0.05, 0.1) is 0 Å². The third-order valence-corrected chi connectivity index (χ3v) is 4.55. The summed E-state index contributed by atoms with van der Waals surface area (Å²) in [6.45, 7) is 9.18. The number of hydrogen-bond donors (Lipinski definition) is 1. The fourth-order valence-electron chi connectivity index (χ4n) is 3.37. The maximum Gasteiger partial charge on any atom is 0.0350 e. The van der Waals surface area contributed by atoms with E-state index < -0.39 is 0 Å². The Morgan fingerprint density at radius 3 is 2.50 bits per heavy atom. The van der Waals surface area contributed by atoms with Gasteiger partial charge in [-0.25, -0.2) is 0 Å². The summed E-state index contributed by atoms with van der Waals surface area (Å²) < 4.78 is 0. The molecule has 0 amide bonds. The number of nitrogens with zero attached hydrogens (tertiary/aromatic N) is 1. The molecule has 112 valence electrons. The fraction of sp³-hybridized carbons (Fsp3) is 0.667. The lowest BCUT2D eigenvalue weighted by molar-refractivity contribution is 0.101. The molecule has 1 heterocycles. The lowest BCUT2D eigenvalue weighted by atomic mass is 9.88. The molecule has 0 bridgehead atoms. The summed E-state index contributed by atoms with van der Waals surface area (Å²) in [6, 6.07) is 11.9. The molecule has 3 atom stereocenters. The summed E-state index contributed by atoms with van der Waals surface area (Å²) in [5.41, 5.74) is 7.61. The highest BCUT2D eigenvalue weighted by molar-refractivity contribution is 5.19. The van der Waals surface area contributed by atoms with Crippen molar-refractivity contribution in [1.29, 1.82) is 0 Å². The molecule has 0 saturated carbocycles. The first-order valence-electron chi connectivity index (χ1n) is 8.12. The molecule has 0 aromatic heterocycles. The van der Waals surface area contributed by atoms with Gasteiger partial charge in [-0.3, -0.25) is 4.90 Å². The summed E-state index contributed by atoms with van der Waals surface area (Å²) in [7, 11) is 0. The molecule has 0 aliphatic carbocycles. The smallest absolute Gasteiger partial charge is 0.0350 e. The number of nitrogens with two attached hydrogens (primary N) is 1. The first-order valence-corrected chi connectivity index (χ1v) is 8.12. The number of likely N-dealkylation sites (tertiary alicyclic amines) is 1. The highest BCUT2D eigenvalue weighted by Gasteiger charge is 2.28. The molecule has 2 rings (SSSR count). The average Bonchev–Trinajstić information content (AvgIpc) is 2.45. The van der Waals surface area contributed by atoms with Crippen molar-refractivity contribution in [2.45, 2.75) is 52.1 Å². The van der Waals surface area contributed by atoms with Crippen molar-refractivity contribution in [2.75, 3.05) is 13.1 Å². The molecule has 2 nitrogen and oxygen atoms in total. The molecule has 1 fully saturated rings. The Kier molecular flexibility index (Phi) is 5.62. The third-order valence-electron chi connectivity index (χ3n) is 4.55. The van der Waals surface area contributed by atoms with Crippen molar-refractivity contribution < 1.29 is 0 Å². The van der Waals surface area contributed by atoms with Crippen LogP contribution >= 0.6 is 0 Å². The molecular weight excluding hydrogens is 244 g/mol. The van der Waals surface area contributed by atoms with Gasteiger partial charge in [0.15, 0.2) is 0 Å².